The summed E-state index contributed by atoms with van der Waals surface area (Å²) in [7, 11) is 0. The van der Waals surface area contributed by atoms with E-state index in [1.807, 2.05) is 0 Å². The molecule has 0 aromatic rings. The number of hydrogen-bond acceptors (Lipinski definition) is 18. The minimum absolute atomic E-state index is 0. The van der Waals surface area contributed by atoms with Gasteiger partial charge < -0.3 is 91.9 Å². The molecule has 0 amide bonds. The Hall–Kier alpha value is -3.49. The molecule has 0 saturated heterocycles. The first-order chi connectivity index (χ1) is 20.4. The van der Waals surface area contributed by atoms with Gasteiger partial charge in [-0.25, -0.2) is 43.2 Å². The van der Waals surface area contributed by atoms with Crippen molar-refractivity contribution >= 4 is 105 Å². The number of hydrogen-bond donors (Lipinski definition) is 18. The summed E-state index contributed by atoms with van der Waals surface area (Å²) in [5.41, 5.74) is 0. The summed E-state index contributed by atoms with van der Waals surface area (Å²) in [4.78, 5) is 82.1. The van der Waals surface area contributed by atoms with Gasteiger partial charge in [-0.3, -0.25) is 0 Å². The van der Waals surface area contributed by atoms with Gasteiger partial charge in [-0.2, -0.15) is 0 Å². The van der Waals surface area contributed by atoms with E-state index >= 15 is 0 Å². The van der Waals surface area contributed by atoms with Crippen molar-refractivity contribution in [3.8, 4) is 0 Å². The first-order valence-corrected chi connectivity index (χ1v) is 9.88. The second-order valence-corrected chi connectivity index (χ2v) is 4.97. The van der Waals surface area contributed by atoms with Crippen molar-refractivity contribution in [2.75, 3.05) is 59.5 Å². The normalized spacial score (nSPS) is 7.24. The summed E-state index contributed by atoms with van der Waals surface area (Å²) < 4.78 is 0. The maximum atomic E-state index is 9.12. The zero-order chi connectivity index (χ0) is 38.6. The molecular weight excluding hydrogens is 687 g/mol. The molecule has 0 radical (unpaired) electrons. The van der Waals surface area contributed by atoms with Crippen LogP contribution in [-0.2, 0) is 43.2 Å². The predicted octanol–water partition coefficient (Wildman–Crippen LogP) is -9.08. The molecule has 0 spiro atoms. The van der Waals surface area contributed by atoms with Crippen molar-refractivity contribution in [2.45, 2.75) is 0 Å². The number of aliphatic hydroxyl groups is 9. The Balaban J connectivity index is -0.0000000395. The number of rotatable bonds is 9. The summed E-state index contributed by atoms with van der Waals surface area (Å²) in [5.74, 6) is -10.7. The number of carboxylic acids is 9. The van der Waals surface area contributed by atoms with Crippen LogP contribution in [0.3, 0.4) is 0 Å². The third-order valence-electron chi connectivity index (χ3n) is 1.22. The van der Waals surface area contributed by atoms with Gasteiger partial charge in [-0.05, 0) is 0 Å². The molecule has 27 nitrogen and oxygen atoms in total. The summed E-state index contributed by atoms with van der Waals surface area (Å²) in [5, 5.41) is 135. The Bertz CT molecular complexity index is 568. The van der Waals surface area contributed by atoms with E-state index in [1.165, 1.54) is 0 Å². The molecular formula is C18H37KO27. The van der Waals surface area contributed by atoms with Crippen molar-refractivity contribution in [1.29, 1.82) is 0 Å². The minimum atomic E-state index is -1.19. The molecule has 0 atom stereocenters. The van der Waals surface area contributed by atoms with Gasteiger partial charge in [0.2, 0.25) is 0 Å². The molecule has 0 aromatic heterocycles. The fourth-order valence-electron chi connectivity index (χ4n) is 0. The third kappa shape index (κ3) is 300. The molecule has 0 bridgehead atoms. The van der Waals surface area contributed by atoms with E-state index in [0.29, 0.717) is 0 Å². The van der Waals surface area contributed by atoms with Crippen LogP contribution in [0.15, 0.2) is 0 Å². The van der Waals surface area contributed by atoms with Crippen molar-refractivity contribution in [3.63, 3.8) is 0 Å². The van der Waals surface area contributed by atoms with Gasteiger partial charge >= 0.3 is 105 Å². The van der Waals surface area contributed by atoms with Crippen molar-refractivity contribution < 1.29 is 135 Å². The summed E-state index contributed by atoms with van der Waals surface area (Å²) >= 11 is 0. The number of aliphatic carboxylic acids is 9. The quantitative estimate of drug-likeness (QED) is 0.0981. The third-order valence-corrected chi connectivity index (χ3v) is 1.22. The molecule has 0 aliphatic heterocycles. The summed E-state index contributed by atoms with van der Waals surface area (Å²) in [6.45, 7) is -7.00. The van der Waals surface area contributed by atoms with Crippen LogP contribution >= 0.6 is 0 Å². The van der Waals surface area contributed by atoms with Crippen LogP contribution in [0, 0.1) is 0 Å². The van der Waals surface area contributed by atoms with Crippen LogP contribution in [0.5, 0.6) is 0 Å². The average molecular weight is 725 g/mol. The molecule has 0 fully saturated rings. The fraction of sp³-hybridized carbons (Fsp3) is 0.500. The first kappa shape index (κ1) is 69.3. The van der Waals surface area contributed by atoms with E-state index in [4.69, 9.17) is 135 Å². The van der Waals surface area contributed by atoms with E-state index in [0.717, 1.165) is 0 Å². The van der Waals surface area contributed by atoms with Crippen LogP contribution in [0.1, 0.15) is 0 Å². The van der Waals surface area contributed by atoms with Crippen LogP contribution in [0.2, 0.25) is 0 Å². The molecule has 0 rings (SSSR count). The SMILES string of the molecule is O=C(O)CO.O=C(O)CO.O=C(O)CO.O=C(O)CO.O=C(O)CO.O=C(O)CO.O=C(O)CO.O=C(O)CO.O=C(O)CO.[KH]. The van der Waals surface area contributed by atoms with Crippen LogP contribution in [-0.4, -0.2) is 256 Å². The van der Waals surface area contributed by atoms with Gasteiger partial charge in [0, 0.05) is 0 Å². The van der Waals surface area contributed by atoms with Gasteiger partial charge in [0.1, 0.15) is 59.5 Å². The van der Waals surface area contributed by atoms with E-state index in [2.05, 4.69) is 0 Å². The maximum absolute atomic E-state index is 9.12. The number of aliphatic hydroxyl groups excluding tert-OH is 9. The van der Waals surface area contributed by atoms with Crippen LogP contribution < -0.4 is 0 Å². The molecule has 272 valence electrons. The van der Waals surface area contributed by atoms with Crippen LogP contribution in [0.25, 0.3) is 0 Å². The molecule has 0 heterocycles. The van der Waals surface area contributed by atoms with Gasteiger partial charge in [0.25, 0.3) is 0 Å². The zero-order valence-electron chi connectivity index (χ0n) is 22.6. The molecule has 28 heteroatoms. The predicted molar refractivity (Wildman–Crippen MR) is 140 cm³/mol. The molecule has 0 unspecified atom stereocenters. The molecule has 0 aliphatic carbocycles. The topological polar surface area (TPSA) is 518 Å². The second kappa shape index (κ2) is 64.5. The zero-order valence-corrected chi connectivity index (χ0v) is 22.6. The Labute approximate surface area is 298 Å². The van der Waals surface area contributed by atoms with Gasteiger partial charge in [-0.15, -0.1) is 0 Å². The average Bonchev–Trinajstić information content (AvgIpc) is 2.99. The summed E-state index contributed by atoms with van der Waals surface area (Å²) in [6.07, 6.45) is 0. The van der Waals surface area contributed by atoms with E-state index in [1.54, 1.807) is 0 Å². The molecule has 0 aliphatic rings. The van der Waals surface area contributed by atoms with Crippen molar-refractivity contribution in [3.05, 3.63) is 0 Å². The fourth-order valence-corrected chi connectivity index (χ4v) is 0. The number of carbonyl (C=O) groups is 9. The van der Waals surface area contributed by atoms with Gasteiger partial charge in [0.15, 0.2) is 0 Å². The van der Waals surface area contributed by atoms with E-state index in [-0.39, 0.29) is 51.4 Å². The Morgan fingerprint density at radius 1 is 0.217 bits per heavy atom. The van der Waals surface area contributed by atoms with Gasteiger partial charge in [-0.1, -0.05) is 0 Å². The molecule has 0 saturated carbocycles. The van der Waals surface area contributed by atoms with Crippen molar-refractivity contribution in [2.24, 2.45) is 0 Å². The Morgan fingerprint density at radius 3 is 0.239 bits per heavy atom. The van der Waals surface area contributed by atoms with Crippen LogP contribution in [0.4, 0.5) is 0 Å². The standard InChI is InChI=1S/9C2H4O3.K.H/c9*3-1-2(4)5;;/h9*3H,1H2,(H,4,5);;. The monoisotopic (exact) mass is 724 g/mol. The van der Waals surface area contributed by atoms with E-state index in [9.17, 15) is 0 Å². The molecule has 46 heavy (non-hydrogen) atoms. The molecule has 0 aromatic carbocycles. The Morgan fingerprint density at radius 2 is 0.239 bits per heavy atom. The Kier molecular flexibility index (Phi) is 97.1. The first-order valence-electron chi connectivity index (χ1n) is 9.88. The molecule has 18 N–H and O–H groups in total. The van der Waals surface area contributed by atoms with Crippen molar-refractivity contribution in [1.82, 2.24) is 0 Å². The van der Waals surface area contributed by atoms with E-state index < -0.39 is 113 Å². The summed E-state index contributed by atoms with van der Waals surface area (Å²) in [6, 6.07) is 0. The second-order valence-electron chi connectivity index (χ2n) is 4.97. The van der Waals surface area contributed by atoms with Gasteiger partial charge in [0.05, 0.1) is 0 Å². The number of carboxylic acid groups (broad SMARTS) is 9.